The molecular formula is C25H25F3N2O4. The fraction of sp³-hybridized carbons (Fsp3) is 0.360. The van der Waals surface area contributed by atoms with Crippen LogP contribution >= 0.6 is 0 Å². The van der Waals surface area contributed by atoms with Crippen molar-refractivity contribution in [1.29, 1.82) is 0 Å². The smallest absolute Gasteiger partial charge is 0.454 e. The van der Waals surface area contributed by atoms with Gasteiger partial charge in [0, 0.05) is 23.0 Å². The number of ketones is 1. The van der Waals surface area contributed by atoms with Crippen LogP contribution in [0.15, 0.2) is 42.5 Å². The number of alkyl halides is 3. The number of para-hydroxylation sites is 1. The molecule has 34 heavy (non-hydrogen) atoms. The molecule has 0 spiro atoms. The van der Waals surface area contributed by atoms with E-state index in [0.29, 0.717) is 36.7 Å². The molecule has 1 aliphatic heterocycles. The van der Waals surface area contributed by atoms with Crippen LogP contribution in [0.4, 0.5) is 13.2 Å². The highest BCUT2D eigenvalue weighted by molar-refractivity contribution is 6.12. The Bertz CT molecular complexity index is 1230. The van der Waals surface area contributed by atoms with Gasteiger partial charge in [-0.15, -0.1) is 0 Å². The number of carbonyl (C=O) groups is 2. The second-order valence-corrected chi connectivity index (χ2v) is 8.18. The highest BCUT2D eigenvalue weighted by Crippen LogP contribution is 2.34. The molecule has 0 saturated carbocycles. The maximum Gasteiger partial charge on any atom is 0.454 e. The van der Waals surface area contributed by atoms with Crippen LogP contribution in [-0.2, 0) is 11.3 Å². The number of halogens is 3. The van der Waals surface area contributed by atoms with Gasteiger partial charge in [-0.05, 0) is 37.1 Å². The summed E-state index contributed by atoms with van der Waals surface area (Å²) in [5.41, 5.74) is 0.904. The van der Waals surface area contributed by atoms with Crippen LogP contribution < -0.4 is 14.8 Å². The number of Topliss-reactive ketones (excluding diaryl/α,β-unsaturated/α-hetero) is 1. The lowest BCUT2D eigenvalue weighted by molar-refractivity contribution is -0.122. The van der Waals surface area contributed by atoms with E-state index in [1.54, 1.807) is 18.2 Å². The number of amides is 1. The fourth-order valence-corrected chi connectivity index (χ4v) is 4.26. The molecule has 1 atom stereocenters. The summed E-state index contributed by atoms with van der Waals surface area (Å²) < 4.78 is 52.5. The SMILES string of the molecule is CC[C@@H](NC(=O)Cn1c(C)c(C(=O)C(F)(F)F)c2ccccc21)c1ccc2c(c1)OCCCO2. The zero-order valence-electron chi connectivity index (χ0n) is 18.9. The maximum atomic E-state index is 13.2. The molecule has 0 saturated heterocycles. The van der Waals surface area contributed by atoms with Crippen LogP contribution in [0.25, 0.3) is 10.9 Å². The van der Waals surface area contributed by atoms with E-state index in [0.717, 1.165) is 12.0 Å². The van der Waals surface area contributed by atoms with E-state index in [1.807, 2.05) is 25.1 Å². The predicted molar refractivity (Wildman–Crippen MR) is 120 cm³/mol. The number of nitrogens with zero attached hydrogens (tertiary/aromatic N) is 1. The van der Waals surface area contributed by atoms with Crippen molar-refractivity contribution in [3.63, 3.8) is 0 Å². The Kier molecular flexibility index (Phi) is 6.54. The molecule has 0 radical (unpaired) electrons. The minimum absolute atomic E-state index is 0.0994. The summed E-state index contributed by atoms with van der Waals surface area (Å²) in [6, 6.07) is 11.5. The van der Waals surface area contributed by atoms with Gasteiger partial charge >= 0.3 is 6.18 Å². The first-order valence-corrected chi connectivity index (χ1v) is 11.1. The van der Waals surface area contributed by atoms with Gasteiger partial charge in [0.2, 0.25) is 5.91 Å². The van der Waals surface area contributed by atoms with Crippen molar-refractivity contribution in [2.24, 2.45) is 0 Å². The first kappa shape index (κ1) is 23.7. The van der Waals surface area contributed by atoms with Crippen molar-refractivity contribution in [2.75, 3.05) is 13.2 Å². The summed E-state index contributed by atoms with van der Waals surface area (Å²) in [6.45, 7) is 4.23. The zero-order valence-corrected chi connectivity index (χ0v) is 18.9. The van der Waals surface area contributed by atoms with Gasteiger partial charge in [-0.3, -0.25) is 9.59 Å². The normalized spacial score (nSPS) is 14.5. The quantitative estimate of drug-likeness (QED) is 0.504. The predicted octanol–water partition coefficient (Wildman–Crippen LogP) is 5.12. The summed E-state index contributed by atoms with van der Waals surface area (Å²) >= 11 is 0. The molecule has 1 aromatic heterocycles. The van der Waals surface area contributed by atoms with Crippen molar-refractivity contribution in [3.05, 3.63) is 59.3 Å². The number of aromatic nitrogens is 1. The van der Waals surface area contributed by atoms with E-state index in [1.165, 1.54) is 17.6 Å². The molecule has 0 bridgehead atoms. The number of fused-ring (bicyclic) bond motifs is 2. The molecule has 2 heterocycles. The number of hydrogen-bond acceptors (Lipinski definition) is 4. The Morgan fingerprint density at radius 3 is 2.50 bits per heavy atom. The Balaban J connectivity index is 1.59. The van der Waals surface area contributed by atoms with E-state index in [2.05, 4.69) is 5.32 Å². The van der Waals surface area contributed by atoms with Crippen LogP contribution in [0, 0.1) is 6.92 Å². The van der Waals surface area contributed by atoms with Crippen LogP contribution in [0.2, 0.25) is 0 Å². The summed E-state index contributed by atoms with van der Waals surface area (Å²) in [6.07, 6.45) is -3.64. The number of nitrogens with one attached hydrogen (secondary N) is 1. The highest BCUT2D eigenvalue weighted by atomic mass is 19.4. The standard InChI is InChI=1S/C25H25F3N2O4/c1-3-18(16-9-10-20-21(13-16)34-12-6-11-33-20)29-22(31)14-30-15(2)23(24(32)25(26,27)28)17-7-4-5-8-19(17)30/h4-5,7-10,13,18H,3,6,11-12,14H2,1-2H3,(H,29,31)/t18-/m1/s1. The third-order valence-corrected chi connectivity index (χ3v) is 5.93. The van der Waals surface area contributed by atoms with E-state index in [9.17, 15) is 22.8 Å². The van der Waals surface area contributed by atoms with Crippen molar-refractivity contribution >= 4 is 22.6 Å². The number of ether oxygens (including phenoxy) is 2. The topological polar surface area (TPSA) is 69.6 Å². The number of carbonyl (C=O) groups excluding carboxylic acids is 2. The molecule has 3 aromatic rings. The van der Waals surface area contributed by atoms with Gasteiger partial charge in [0.05, 0.1) is 24.8 Å². The highest BCUT2D eigenvalue weighted by Gasteiger charge is 2.42. The Morgan fingerprint density at radius 2 is 1.79 bits per heavy atom. The summed E-state index contributed by atoms with van der Waals surface area (Å²) in [7, 11) is 0. The minimum Gasteiger partial charge on any atom is -0.490 e. The first-order valence-electron chi connectivity index (χ1n) is 11.1. The van der Waals surface area contributed by atoms with E-state index < -0.39 is 17.5 Å². The third kappa shape index (κ3) is 4.60. The Hall–Kier alpha value is -3.49. The Labute approximate surface area is 194 Å². The number of hydrogen-bond donors (Lipinski definition) is 1. The maximum absolute atomic E-state index is 13.2. The summed E-state index contributed by atoms with van der Waals surface area (Å²) in [5.74, 6) is -1.03. The van der Waals surface area contributed by atoms with Crippen LogP contribution in [0.1, 0.15) is 47.4 Å². The summed E-state index contributed by atoms with van der Waals surface area (Å²) in [4.78, 5) is 25.1. The van der Waals surface area contributed by atoms with Crippen molar-refractivity contribution in [1.82, 2.24) is 9.88 Å². The molecule has 2 aromatic carbocycles. The third-order valence-electron chi connectivity index (χ3n) is 5.93. The lowest BCUT2D eigenvalue weighted by Crippen LogP contribution is -2.31. The second-order valence-electron chi connectivity index (χ2n) is 8.18. The molecule has 180 valence electrons. The van der Waals surface area contributed by atoms with Crippen LogP contribution in [-0.4, -0.2) is 35.6 Å². The minimum atomic E-state index is -5.01. The van der Waals surface area contributed by atoms with Gasteiger partial charge < -0.3 is 19.4 Å². The van der Waals surface area contributed by atoms with Gasteiger partial charge in [0.25, 0.3) is 5.78 Å². The monoisotopic (exact) mass is 474 g/mol. The Morgan fingerprint density at radius 1 is 1.09 bits per heavy atom. The molecule has 1 amide bonds. The number of rotatable bonds is 6. The molecule has 1 N–H and O–H groups in total. The van der Waals surface area contributed by atoms with Gasteiger partial charge in [-0.1, -0.05) is 31.2 Å². The van der Waals surface area contributed by atoms with Crippen molar-refractivity contribution in [2.45, 2.75) is 45.5 Å². The van der Waals surface area contributed by atoms with E-state index in [4.69, 9.17) is 9.47 Å². The molecule has 4 rings (SSSR count). The average molecular weight is 474 g/mol. The summed E-state index contributed by atoms with van der Waals surface area (Å²) in [5, 5.41) is 3.12. The zero-order chi connectivity index (χ0) is 24.5. The van der Waals surface area contributed by atoms with E-state index in [-0.39, 0.29) is 29.6 Å². The molecule has 0 unspecified atom stereocenters. The van der Waals surface area contributed by atoms with Crippen molar-refractivity contribution < 1.29 is 32.2 Å². The molecule has 9 heteroatoms. The van der Waals surface area contributed by atoms with Crippen molar-refractivity contribution in [3.8, 4) is 11.5 Å². The molecule has 0 aliphatic carbocycles. The van der Waals surface area contributed by atoms with Crippen LogP contribution in [0.5, 0.6) is 11.5 Å². The number of benzene rings is 2. The van der Waals surface area contributed by atoms with Crippen LogP contribution in [0.3, 0.4) is 0 Å². The van der Waals surface area contributed by atoms with E-state index >= 15 is 0 Å². The lowest BCUT2D eigenvalue weighted by Gasteiger charge is -2.20. The van der Waals surface area contributed by atoms with Gasteiger partial charge in [0.1, 0.15) is 6.54 Å². The second kappa shape index (κ2) is 9.40. The fourth-order valence-electron chi connectivity index (χ4n) is 4.26. The lowest BCUT2D eigenvalue weighted by atomic mass is 10.0. The first-order chi connectivity index (χ1) is 16.2. The molecule has 0 fully saturated rings. The largest absolute Gasteiger partial charge is 0.490 e. The molecule has 1 aliphatic rings. The molecule has 6 nitrogen and oxygen atoms in total. The average Bonchev–Trinajstić information content (AvgIpc) is 2.94. The molecular weight excluding hydrogens is 449 g/mol. The van der Waals surface area contributed by atoms with Gasteiger partial charge in [-0.25, -0.2) is 0 Å². The van der Waals surface area contributed by atoms with Gasteiger partial charge in [0.15, 0.2) is 11.5 Å². The van der Waals surface area contributed by atoms with Gasteiger partial charge in [-0.2, -0.15) is 13.2 Å².